The molecule has 3 rings (SSSR count). The zero-order valence-electron chi connectivity index (χ0n) is 14.1. The lowest BCUT2D eigenvalue weighted by molar-refractivity contribution is -0.384. The van der Waals surface area contributed by atoms with Gasteiger partial charge in [0.15, 0.2) is 11.9 Å². The number of Topliss-reactive ketones (excluding diaryl/α,β-unsaturated/α-hetero) is 1. The van der Waals surface area contributed by atoms with Crippen molar-refractivity contribution in [1.29, 1.82) is 0 Å². The summed E-state index contributed by atoms with van der Waals surface area (Å²) in [5.41, 5.74) is 0.562. The van der Waals surface area contributed by atoms with E-state index in [1.54, 1.807) is 12.1 Å². The van der Waals surface area contributed by atoms with Crippen LogP contribution in [0, 0.1) is 10.1 Å². The molecule has 0 N–H and O–H groups in total. The number of nitrogens with zero attached hydrogens (tertiary/aromatic N) is 2. The monoisotopic (exact) mass is 346 g/mol. The molecule has 0 amide bonds. The number of anilines is 1. The van der Waals surface area contributed by atoms with Crippen molar-refractivity contribution in [3.63, 3.8) is 0 Å². The Hall–Kier alpha value is -2.44. The third-order valence-corrected chi connectivity index (χ3v) is 4.85. The van der Waals surface area contributed by atoms with E-state index in [9.17, 15) is 19.7 Å². The number of hydrogen-bond donors (Lipinski definition) is 0. The summed E-state index contributed by atoms with van der Waals surface area (Å²) in [5.74, 6) is -0.743. The quantitative estimate of drug-likeness (QED) is 0.472. The van der Waals surface area contributed by atoms with Crippen molar-refractivity contribution in [2.75, 3.05) is 18.0 Å². The number of nitro benzene ring substituents is 1. The van der Waals surface area contributed by atoms with Gasteiger partial charge in [-0.3, -0.25) is 14.9 Å². The largest absolute Gasteiger partial charge is 0.451 e. The Bertz CT molecular complexity index is 682. The molecule has 134 valence electrons. The molecule has 25 heavy (non-hydrogen) atoms. The molecule has 1 saturated heterocycles. The Morgan fingerprint density at radius 3 is 2.60 bits per heavy atom. The molecular formula is C18H22N2O5. The molecule has 1 unspecified atom stereocenters. The van der Waals surface area contributed by atoms with Crippen LogP contribution in [0.3, 0.4) is 0 Å². The Morgan fingerprint density at radius 1 is 1.16 bits per heavy atom. The number of hydrogen-bond acceptors (Lipinski definition) is 6. The molecule has 2 fully saturated rings. The first-order valence-electron chi connectivity index (χ1n) is 8.83. The molecule has 1 heterocycles. The van der Waals surface area contributed by atoms with Gasteiger partial charge in [-0.25, -0.2) is 4.79 Å². The molecule has 1 aromatic rings. The van der Waals surface area contributed by atoms with Gasteiger partial charge in [-0.05, 0) is 50.7 Å². The van der Waals surface area contributed by atoms with E-state index in [4.69, 9.17) is 4.74 Å². The summed E-state index contributed by atoms with van der Waals surface area (Å²) >= 11 is 0. The van der Waals surface area contributed by atoms with Gasteiger partial charge < -0.3 is 9.64 Å². The number of carbonyl (C=O) groups excluding carboxylic acids is 2. The molecule has 1 aromatic carbocycles. The van der Waals surface area contributed by atoms with Gasteiger partial charge in [0.05, 0.1) is 10.5 Å². The van der Waals surface area contributed by atoms with Gasteiger partial charge >= 0.3 is 5.97 Å². The average Bonchev–Trinajstić information content (AvgIpc) is 2.63. The second kappa shape index (κ2) is 7.63. The molecule has 0 aromatic heterocycles. The van der Waals surface area contributed by atoms with Crippen molar-refractivity contribution >= 4 is 23.1 Å². The molecule has 1 aliphatic carbocycles. The molecule has 1 atom stereocenters. The summed E-state index contributed by atoms with van der Waals surface area (Å²) in [5, 5.41) is 11.5. The highest BCUT2D eigenvalue weighted by molar-refractivity contribution is 5.94. The van der Waals surface area contributed by atoms with Gasteiger partial charge in [0, 0.05) is 25.6 Å². The maximum atomic E-state index is 12.3. The van der Waals surface area contributed by atoms with Crippen molar-refractivity contribution in [2.45, 2.75) is 51.0 Å². The number of esters is 1. The molecule has 0 spiro atoms. The Balaban J connectivity index is 1.79. The van der Waals surface area contributed by atoms with E-state index in [1.165, 1.54) is 6.07 Å². The predicted octanol–water partition coefficient (Wildman–Crippen LogP) is 3.25. The summed E-state index contributed by atoms with van der Waals surface area (Å²) < 4.78 is 5.29. The number of rotatable bonds is 4. The van der Waals surface area contributed by atoms with Crippen LogP contribution in [-0.4, -0.2) is 35.9 Å². The molecule has 2 aliphatic rings. The fraction of sp³-hybridized carbons (Fsp3) is 0.556. The summed E-state index contributed by atoms with van der Waals surface area (Å²) in [6.45, 7) is 1.56. The maximum Gasteiger partial charge on any atom is 0.339 e. The normalized spacial score (nSPS) is 21.0. The SMILES string of the molecule is O=C(OC1CCCCC1=O)c1ccc(N2CCCCC2)c([N+](=O)[O-])c1. The van der Waals surface area contributed by atoms with Gasteiger partial charge in [0.25, 0.3) is 5.69 Å². The smallest absolute Gasteiger partial charge is 0.339 e. The first kappa shape index (κ1) is 17.4. The van der Waals surface area contributed by atoms with Gasteiger partial charge in [-0.2, -0.15) is 0 Å². The predicted molar refractivity (Wildman–Crippen MR) is 91.8 cm³/mol. The Labute approximate surface area is 146 Å². The molecule has 7 heteroatoms. The maximum absolute atomic E-state index is 12.3. The minimum Gasteiger partial charge on any atom is -0.451 e. The zero-order chi connectivity index (χ0) is 17.8. The van der Waals surface area contributed by atoms with E-state index in [-0.39, 0.29) is 17.0 Å². The highest BCUT2D eigenvalue weighted by atomic mass is 16.6. The summed E-state index contributed by atoms with van der Waals surface area (Å²) in [7, 11) is 0. The number of nitro groups is 1. The van der Waals surface area contributed by atoms with Crippen LogP contribution >= 0.6 is 0 Å². The fourth-order valence-electron chi connectivity index (χ4n) is 3.47. The van der Waals surface area contributed by atoms with E-state index in [0.717, 1.165) is 45.2 Å². The lowest BCUT2D eigenvalue weighted by Crippen LogP contribution is -2.31. The molecular weight excluding hydrogens is 324 g/mol. The van der Waals surface area contributed by atoms with E-state index >= 15 is 0 Å². The van der Waals surface area contributed by atoms with Crippen LogP contribution in [0.1, 0.15) is 55.3 Å². The van der Waals surface area contributed by atoms with Gasteiger partial charge in [-0.15, -0.1) is 0 Å². The number of benzene rings is 1. The van der Waals surface area contributed by atoms with Crippen molar-refractivity contribution in [3.05, 3.63) is 33.9 Å². The first-order valence-corrected chi connectivity index (χ1v) is 8.83. The highest BCUT2D eigenvalue weighted by Gasteiger charge is 2.28. The molecule has 0 radical (unpaired) electrons. The summed E-state index contributed by atoms with van der Waals surface area (Å²) in [6, 6.07) is 4.43. The molecule has 7 nitrogen and oxygen atoms in total. The van der Waals surface area contributed by atoms with Gasteiger partial charge in [-0.1, -0.05) is 0 Å². The van der Waals surface area contributed by atoms with Crippen molar-refractivity contribution in [1.82, 2.24) is 0 Å². The molecule has 1 saturated carbocycles. The van der Waals surface area contributed by atoms with Crippen molar-refractivity contribution < 1.29 is 19.2 Å². The van der Waals surface area contributed by atoms with Crippen molar-refractivity contribution in [3.8, 4) is 0 Å². The number of ketones is 1. The van der Waals surface area contributed by atoms with E-state index in [2.05, 4.69) is 0 Å². The Morgan fingerprint density at radius 2 is 1.92 bits per heavy atom. The number of piperidine rings is 1. The lowest BCUT2D eigenvalue weighted by atomic mass is 9.96. The van der Waals surface area contributed by atoms with Crippen LogP contribution in [0.25, 0.3) is 0 Å². The second-order valence-corrected chi connectivity index (χ2v) is 6.61. The Kier molecular flexibility index (Phi) is 5.31. The standard InChI is InChI=1S/C18H22N2O5/c21-16-6-2-3-7-17(16)25-18(22)13-8-9-14(15(12-13)20(23)24)19-10-4-1-5-11-19/h8-9,12,17H,1-7,10-11H2. The van der Waals surface area contributed by atoms with E-state index in [0.29, 0.717) is 18.5 Å². The average molecular weight is 346 g/mol. The summed E-state index contributed by atoms with van der Waals surface area (Å²) in [6.07, 6.45) is 5.03. The third-order valence-electron chi connectivity index (χ3n) is 4.85. The van der Waals surface area contributed by atoms with Crippen LogP contribution in [0.2, 0.25) is 0 Å². The van der Waals surface area contributed by atoms with E-state index < -0.39 is 17.0 Å². The minimum absolute atomic E-state index is 0.0703. The second-order valence-electron chi connectivity index (χ2n) is 6.61. The highest BCUT2D eigenvalue weighted by Crippen LogP contribution is 2.32. The van der Waals surface area contributed by atoms with Crippen molar-refractivity contribution in [2.24, 2.45) is 0 Å². The van der Waals surface area contributed by atoms with Gasteiger partial charge in [0.1, 0.15) is 5.69 Å². The number of carbonyl (C=O) groups is 2. The zero-order valence-corrected chi connectivity index (χ0v) is 14.1. The van der Waals surface area contributed by atoms with Crippen LogP contribution in [0.15, 0.2) is 18.2 Å². The third kappa shape index (κ3) is 3.97. The molecule has 1 aliphatic heterocycles. The van der Waals surface area contributed by atoms with Crippen LogP contribution < -0.4 is 4.90 Å². The van der Waals surface area contributed by atoms with Gasteiger partial charge in [0.2, 0.25) is 0 Å². The van der Waals surface area contributed by atoms with Crippen LogP contribution in [0.5, 0.6) is 0 Å². The van der Waals surface area contributed by atoms with E-state index in [1.807, 2.05) is 4.90 Å². The fourth-order valence-corrected chi connectivity index (χ4v) is 3.47. The minimum atomic E-state index is -0.720. The van der Waals surface area contributed by atoms with Crippen LogP contribution in [-0.2, 0) is 9.53 Å². The van der Waals surface area contributed by atoms with Crippen LogP contribution in [0.4, 0.5) is 11.4 Å². The lowest BCUT2D eigenvalue weighted by Gasteiger charge is -2.28. The number of ether oxygens (including phenoxy) is 1. The molecule has 0 bridgehead atoms. The topological polar surface area (TPSA) is 89.8 Å². The summed E-state index contributed by atoms with van der Waals surface area (Å²) in [4.78, 5) is 37.1. The first-order chi connectivity index (χ1) is 12.1.